The number of hydrogen-bond donors (Lipinski definition) is 1. The maximum atomic E-state index is 11.1. The molecule has 0 amide bonds. The van der Waals surface area contributed by atoms with Crippen LogP contribution in [0.5, 0.6) is 0 Å². The first-order chi connectivity index (χ1) is 9.41. The van der Waals surface area contributed by atoms with Gasteiger partial charge in [-0.3, -0.25) is 10.1 Å². The minimum absolute atomic E-state index is 0.0649. The number of rotatable bonds is 4. The summed E-state index contributed by atoms with van der Waals surface area (Å²) >= 11 is 2.05. The predicted octanol–water partition coefficient (Wildman–Crippen LogP) is 2.18. The normalized spacial score (nSPS) is 17.8. The molecule has 1 heterocycles. The molecule has 0 aliphatic carbocycles. The highest BCUT2D eigenvalue weighted by Crippen LogP contribution is 2.31. The van der Waals surface area contributed by atoms with Crippen molar-refractivity contribution in [1.29, 1.82) is 0 Å². The van der Waals surface area contributed by atoms with E-state index in [2.05, 4.69) is 0 Å². The van der Waals surface area contributed by atoms with Crippen LogP contribution in [0, 0.1) is 13.7 Å². The van der Waals surface area contributed by atoms with Gasteiger partial charge in [-0.1, -0.05) is 0 Å². The van der Waals surface area contributed by atoms with Gasteiger partial charge in [0.25, 0.3) is 5.69 Å². The molecule has 1 aromatic carbocycles. The zero-order valence-corrected chi connectivity index (χ0v) is 13.4. The van der Waals surface area contributed by atoms with Gasteiger partial charge in [0, 0.05) is 49.3 Å². The molecule has 2 rings (SSSR count). The molecule has 1 aromatic rings. The summed E-state index contributed by atoms with van der Waals surface area (Å²) in [4.78, 5) is 12.5. The Balaban J connectivity index is 2.20. The van der Waals surface area contributed by atoms with Crippen LogP contribution < -0.4 is 4.90 Å². The number of nitrogens with zero attached hydrogens (tertiary/aromatic N) is 2. The van der Waals surface area contributed by atoms with Gasteiger partial charge in [-0.15, -0.1) is 0 Å². The molecule has 0 unspecified atom stereocenters. The van der Waals surface area contributed by atoms with Crippen molar-refractivity contribution >= 4 is 34.0 Å². The molecule has 110 valence electrons. The van der Waals surface area contributed by atoms with Crippen LogP contribution in [0.15, 0.2) is 18.2 Å². The molecule has 1 saturated heterocycles. The fraction of sp³-hybridized carbons (Fsp3) is 0.538. The number of anilines is 1. The molecule has 1 aliphatic rings. The number of nitro groups is 1. The summed E-state index contributed by atoms with van der Waals surface area (Å²) in [6, 6.07) is 5.09. The van der Waals surface area contributed by atoms with Gasteiger partial charge in [0.15, 0.2) is 0 Å². The molecule has 0 radical (unpaired) electrons. The summed E-state index contributed by atoms with van der Waals surface area (Å²) in [5.41, 5.74) is -0.255. The maximum absolute atomic E-state index is 11.1. The summed E-state index contributed by atoms with van der Waals surface area (Å²) in [6.45, 7) is 1.41. The van der Waals surface area contributed by atoms with Crippen LogP contribution in [0.3, 0.4) is 0 Å². The smallest absolute Gasteiger partial charge is 0.293 e. The fourth-order valence-electron chi connectivity index (χ4n) is 2.40. The molecule has 6 nitrogen and oxygen atoms in total. The molecule has 1 N–H and O–H groups in total. The van der Waals surface area contributed by atoms with Gasteiger partial charge in [-0.2, -0.15) is 0 Å². The molecule has 1 aliphatic heterocycles. The van der Waals surface area contributed by atoms with E-state index < -0.39 is 5.60 Å². The van der Waals surface area contributed by atoms with Crippen LogP contribution in [0.4, 0.5) is 11.4 Å². The van der Waals surface area contributed by atoms with Gasteiger partial charge in [0.05, 0.1) is 10.5 Å². The van der Waals surface area contributed by atoms with Gasteiger partial charge in [0.1, 0.15) is 5.69 Å². The highest BCUT2D eigenvalue weighted by Gasteiger charge is 2.32. The fourth-order valence-corrected chi connectivity index (χ4v) is 2.88. The van der Waals surface area contributed by atoms with Crippen LogP contribution in [0.2, 0.25) is 0 Å². The van der Waals surface area contributed by atoms with Gasteiger partial charge < -0.3 is 14.7 Å². The molecule has 0 bridgehead atoms. The first kappa shape index (κ1) is 15.5. The molecule has 7 heteroatoms. The minimum atomic E-state index is -0.843. The second kappa shape index (κ2) is 6.23. The molecule has 0 saturated carbocycles. The van der Waals surface area contributed by atoms with Gasteiger partial charge >= 0.3 is 0 Å². The highest BCUT2D eigenvalue weighted by atomic mass is 127. The van der Waals surface area contributed by atoms with E-state index in [1.165, 1.54) is 0 Å². The van der Waals surface area contributed by atoms with Crippen molar-refractivity contribution in [1.82, 2.24) is 0 Å². The third-order valence-electron chi connectivity index (χ3n) is 3.50. The Morgan fingerprint density at radius 1 is 1.50 bits per heavy atom. The van der Waals surface area contributed by atoms with Gasteiger partial charge in [0.2, 0.25) is 0 Å². The van der Waals surface area contributed by atoms with Gasteiger partial charge in [-0.25, -0.2) is 0 Å². The predicted molar refractivity (Wildman–Crippen MR) is 84.1 cm³/mol. The lowest BCUT2D eigenvalue weighted by molar-refractivity contribution is -0.384. The van der Waals surface area contributed by atoms with E-state index in [9.17, 15) is 15.2 Å². The number of benzene rings is 1. The topological polar surface area (TPSA) is 75.8 Å². The first-order valence-electron chi connectivity index (χ1n) is 6.36. The second-order valence-corrected chi connectivity index (χ2v) is 6.33. The summed E-state index contributed by atoms with van der Waals surface area (Å²) in [5, 5.41) is 21.6. The van der Waals surface area contributed by atoms with Crippen molar-refractivity contribution in [2.75, 3.05) is 31.7 Å². The average Bonchev–Trinajstić information content (AvgIpc) is 2.38. The number of hydrogen-bond acceptors (Lipinski definition) is 5. The van der Waals surface area contributed by atoms with Crippen LogP contribution in [-0.4, -0.2) is 42.4 Å². The van der Waals surface area contributed by atoms with E-state index in [1.54, 1.807) is 24.1 Å². The molecule has 0 atom stereocenters. The Morgan fingerprint density at radius 3 is 2.75 bits per heavy atom. The number of ether oxygens (including phenoxy) is 1. The van der Waals surface area contributed by atoms with Crippen molar-refractivity contribution in [2.45, 2.75) is 18.4 Å². The van der Waals surface area contributed by atoms with Crippen molar-refractivity contribution in [3.05, 3.63) is 31.9 Å². The van der Waals surface area contributed by atoms with Crippen molar-refractivity contribution in [3.8, 4) is 0 Å². The molecule has 0 spiro atoms. The first-order valence-corrected chi connectivity index (χ1v) is 7.44. The Labute approximate surface area is 131 Å². The van der Waals surface area contributed by atoms with E-state index in [1.807, 2.05) is 28.7 Å². The second-order valence-electron chi connectivity index (χ2n) is 5.08. The summed E-state index contributed by atoms with van der Waals surface area (Å²) in [6.07, 6.45) is 1.10. The summed E-state index contributed by atoms with van der Waals surface area (Å²) in [7, 11) is 1.77. The van der Waals surface area contributed by atoms with Crippen LogP contribution in [-0.2, 0) is 4.74 Å². The van der Waals surface area contributed by atoms with Crippen LogP contribution >= 0.6 is 22.6 Å². The van der Waals surface area contributed by atoms with Crippen LogP contribution in [0.25, 0.3) is 0 Å². The Hall–Kier alpha value is -0.930. The lowest BCUT2D eigenvalue weighted by atomic mass is 9.93. The van der Waals surface area contributed by atoms with Crippen molar-refractivity contribution < 1.29 is 14.8 Å². The van der Waals surface area contributed by atoms with E-state index in [-0.39, 0.29) is 10.6 Å². The summed E-state index contributed by atoms with van der Waals surface area (Å²) < 4.78 is 6.06. The number of aliphatic hydroxyl groups is 1. The standard InChI is InChI=1S/C13H17IN2O4/c1-15(9-13(17)4-6-20-7-5-13)11-3-2-10(14)8-12(11)16(18)19/h2-3,8,17H,4-7,9H2,1H3. The molecule has 20 heavy (non-hydrogen) atoms. The Kier molecular flexibility index (Phi) is 4.82. The maximum Gasteiger partial charge on any atom is 0.293 e. The third-order valence-corrected chi connectivity index (χ3v) is 4.17. The van der Waals surface area contributed by atoms with E-state index >= 15 is 0 Å². The third kappa shape index (κ3) is 3.58. The zero-order valence-electron chi connectivity index (χ0n) is 11.2. The van der Waals surface area contributed by atoms with Crippen molar-refractivity contribution in [3.63, 3.8) is 0 Å². The summed E-state index contributed by atoms with van der Waals surface area (Å²) in [5.74, 6) is 0. The minimum Gasteiger partial charge on any atom is -0.388 e. The lowest BCUT2D eigenvalue weighted by Crippen LogP contribution is -2.45. The molecule has 0 aromatic heterocycles. The quantitative estimate of drug-likeness (QED) is 0.483. The molecular formula is C13H17IN2O4. The Bertz CT molecular complexity index is 503. The molecular weight excluding hydrogens is 375 g/mol. The monoisotopic (exact) mass is 392 g/mol. The largest absolute Gasteiger partial charge is 0.388 e. The van der Waals surface area contributed by atoms with Crippen molar-refractivity contribution in [2.24, 2.45) is 0 Å². The van der Waals surface area contributed by atoms with Crippen LogP contribution in [0.1, 0.15) is 12.8 Å². The number of nitro benzene ring substituents is 1. The zero-order chi connectivity index (χ0) is 14.8. The van der Waals surface area contributed by atoms with E-state index in [4.69, 9.17) is 4.74 Å². The van der Waals surface area contributed by atoms with Gasteiger partial charge in [-0.05, 0) is 34.7 Å². The SMILES string of the molecule is CN(CC1(O)CCOCC1)c1ccc(I)cc1[N+](=O)[O-]. The van der Waals surface area contributed by atoms with E-state index in [0.717, 1.165) is 3.57 Å². The lowest BCUT2D eigenvalue weighted by Gasteiger charge is -2.36. The average molecular weight is 392 g/mol. The molecule has 1 fully saturated rings. The number of likely N-dealkylation sites (N-methyl/N-ethyl adjacent to an activating group) is 1. The number of halogens is 1. The highest BCUT2D eigenvalue weighted by molar-refractivity contribution is 14.1. The Morgan fingerprint density at radius 2 is 2.15 bits per heavy atom. The van der Waals surface area contributed by atoms with E-state index in [0.29, 0.717) is 38.3 Å².